The zero-order chi connectivity index (χ0) is 21.4. The Bertz CT molecular complexity index is 1100. The Morgan fingerprint density at radius 3 is 2.71 bits per heavy atom. The highest BCUT2D eigenvalue weighted by Gasteiger charge is 2.35. The molecule has 0 aliphatic carbocycles. The van der Waals surface area contributed by atoms with Gasteiger partial charge in [-0.2, -0.15) is 0 Å². The van der Waals surface area contributed by atoms with Gasteiger partial charge < -0.3 is 14.2 Å². The van der Waals surface area contributed by atoms with Crippen molar-refractivity contribution in [2.24, 2.45) is 0 Å². The average Bonchev–Trinajstić information content (AvgIpc) is 3.35. The highest BCUT2D eigenvalue weighted by molar-refractivity contribution is 5.97. The molecule has 6 heteroatoms. The molecule has 162 valence electrons. The van der Waals surface area contributed by atoms with Crippen LogP contribution in [0.5, 0.6) is 0 Å². The van der Waals surface area contributed by atoms with Gasteiger partial charge in [0, 0.05) is 50.7 Å². The second kappa shape index (κ2) is 8.44. The van der Waals surface area contributed by atoms with Crippen LogP contribution in [-0.2, 0) is 16.1 Å². The lowest BCUT2D eigenvalue weighted by Gasteiger charge is -2.27. The van der Waals surface area contributed by atoms with Gasteiger partial charge in [-0.25, -0.2) is 4.98 Å². The lowest BCUT2D eigenvalue weighted by molar-refractivity contribution is -0.117. The first-order valence-corrected chi connectivity index (χ1v) is 11.2. The van der Waals surface area contributed by atoms with Crippen molar-refractivity contribution < 1.29 is 9.53 Å². The van der Waals surface area contributed by atoms with Crippen LogP contribution in [0.1, 0.15) is 29.3 Å². The number of imidazole rings is 1. The summed E-state index contributed by atoms with van der Waals surface area (Å²) in [4.78, 5) is 22.4. The number of hydrogen-bond donors (Lipinski definition) is 0. The van der Waals surface area contributed by atoms with Crippen molar-refractivity contribution in [2.45, 2.75) is 32.7 Å². The third-order valence-electron chi connectivity index (χ3n) is 6.57. The van der Waals surface area contributed by atoms with Gasteiger partial charge in [0.1, 0.15) is 5.82 Å². The fraction of sp³-hybridized carbons (Fsp3) is 0.440. The predicted molar refractivity (Wildman–Crippen MR) is 123 cm³/mol. The number of ether oxygens (including phenoxy) is 1. The molecular formula is C25H30N4O2. The molecule has 6 nitrogen and oxygen atoms in total. The van der Waals surface area contributed by atoms with E-state index in [0.29, 0.717) is 13.0 Å². The Hall–Kier alpha value is -2.70. The fourth-order valence-corrected chi connectivity index (χ4v) is 4.83. The second-order valence-corrected chi connectivity index (χ2v) is 8.76. The number of para-hydroxylation sites is 2. The minimum absolute atomic E-state index is 0.101. The number of nitrogens with zero attached hydrogens (tertiary/aromatic N) is 4. The quantitative estimate of drug-likeness (QED) is 0.636. The third kappa shape index (κ3) is 3.98. The summed E-state index contributed by atoms with van der Waals surface area (Å²) in [7, 11) is 0. The average molecular weight is 419 g/mol. The van der Waals surface area contributed by atoms with Gasteiger partial charge in [0.15, 0.2) is 0 Å². The van der Waals surface area contributed by atoms with Gasteiger partial charge in [-0.05, 0) is 43.2 Å². The summed E-state index contributed by atoms with van der Waals surface area (Å²) in [6.45, 7) is 10.2. The molecule has 0 radical (unpaired) electrons. The number of aromatic nitrogens is 2. The zero-order valence-corrected chi connectivity index (χ0v) is 18.4. The van der Waals surface area contributed by atoms with Gasteiger partial charge in [0.25, 0.3) is 0 Å². The summed E-state index contributed by atoms with van der Waals surface area (Å²) in [6.07, 6.45) is 0.508. The molecule has 1 amide bonds. The van der Waals surface area contributed by atoms with E-state index in [-0.39, 0.29) is 11.8 Å². The lowest BCUT2D eigenvalue weighted by atomic mass is 10.1. The molecule has 0 N–H and O–H groups in total. The molecule has 0 saturated carbocycles. The smallest absolute Gasteiger partial charge is 0.227 e. The molecule has 1 atom stereocenters. The molecular weight excluding hydrogens is 388 g/mol. The standard InChI is InChI=1S/C25H30N4O2/c1-18-7-8-19(2)23(15-18)29-17-20(16-24(29)30)25-26-21-5-3-4-6-22(21)28(25)10-9-27-11-13-31-14-12-27/h3-8,15,20H,9-14,16-17H2,1-2H3/t20-/m0/s1. The monoisotopic (exact) mass is 418 g/mol. The van der Waals surface area contributed by atoms with Crippen molar-refractivity contribution in [3.8, 4) is 0 Å². The predicted octanol–water partition coefficient (Wildman–Crippen LogP) is 3.51. The SMILES string of the molecule is Cc1ccc(C)c(N2C[C@@H](c3nc4ccccc4n3CCN3CCOCC3)CC2=O)c1. The summed E-state index contributed by atoms with van der Waals surface area (Å²) in [5, 5.41) is 0. The molecule has 0 spiro atoms. The van der Waals surface area contributed by atoms with Crippen molar-refractivity contribution in [1.29, 1.82) is 0 Å². The van der Waals surface area contributed by atoms with Crippen LogP contribution < -0.4 is 4.90 Å². The Kier molecular flexibility index (Phi) is 5.50. The Balaban J connectivity index is 1.44. The molecule has 0 unspecified atom stereocenters. The van der Waals surface area contributed by atoms with Gasteiger partial charge >= 0.3 is 0 Å². The van der Waals surface area contributed by atoms with Crippen LogP contribution >= 0.6 is 0 Å². The van der Waals surface area contributed by atoms with Crippen LogP contribution in [0.4, 0.5) is 5.69 Å². The van der Waals surface area contributed by atoms with Crippen molar-refractivity contribution in [3.05, 3.63) is 59.4 Å². The molecule has 31 heavy (non-hydrogen) atoms. The van der Waals surface area contributed by atoms with Gasteiger partial charge in [-0.15, -0.1) is 0 Å². The highest BCUT2D eigenvalue weighted by Crippen LogP contribution is 2.34. The number of anilines is 1. The minimum Gasteiger partial charge on any atom is -0.379 e. The summed E-state index contributed by atoms with van der Waals surface area (Å²) in [5.41, 5.74) is 5.51. The minimum atomic E-state index is 0.101. The van der Waals surface area contributed by atoms with E-state index in [2.05, 4.69) is 59.7 Å². The first-order valence-electron chi connectivity index (χ1n) is 11.2. The van der Waals surface area contributed by atoms with E-state index in [1.54, 1.807) is 0 Å². The molecule has 3 heterocycles. The maximum Gasteiger partial charge on any atom is 0.227 e. The van der Waals surface area contributed by atoms with Crippen LogP contribution in [0.3, 0.4) is 0 Å². The summed E-state index contributed by atoms with van der Waals surface area (Å²) in [6, 6.07) is 14.6. The van der Waals surface area contributed by atoms with E-state index in [4.69, 9.17) is 9.72 Å². The molecule has 5 rings (SSSR count). The van der Waals surface area contributed by atoms with Crippen molar-refractivity contribution >= 4 is 22.6 Å². The summed E-state index contributed by atoms with van der Waals surface area (Å²) < 4.78 is 7.83. The van der Waals surface area contributed by atoms with Crippen molar-refractivity contribution in [2.75, 3.05) is 44.3 Å². The topological polar surface area (TPSA) is 50.6 Å². The molecule has 2 aliphatic heterocycles. The van der Waals surface area contributed by atoms with Crippen LogP contribution in [0.2, 0.25) is 0 Å². The van der Waals surface area contributed by atoms with E-state index in [1.807, 2.05) is 11.0 Å². The van der Waals surface area contributed by atoms with Crippen LogP contribution in [0.25, 0.3) is 11.0 Å². The summed E-state index contributed by atoms with van der Waals surface area (Å²) in [5.74, 6) is 1.32. The van der Waals surface area contributed by atoms with E-state index >= 15 is 0 Å². The number of rotatable bonds is 5. The maximum absolute atomic E-state index is 13.0. The van der Waals surface area contributed by atoms with Crippen molar-refractivity contribution in [3.63, 3.8) is 0 Å². The fourth-order valence-electron chi connectivity index (χ4n) is 4.83. The molecule has 2 aromatic carbocycles. The van der Waals surface area contributed by atoms with Crippen LogP contribution in [-0.4, -0.2) is 59.8 Å². The summed E-state index contributed by atoms with van der Waals surface area (Å²) >= 11 is 0. The Labute approximate surface area is 183 Å². The number of carbonyl (C=O) groups excluding carboxylic acids is 1. The molecule has 3 aromatic rings. The lowest BCUT2D eigenvalue weighted by Crippen LogP contribution is -2.38. The number of aryl methyl sites for hydroxylation is 2. The second-order valence-electron chi connectivity index (χ2n) is 8.76. The number of carbonyl (C=O) groups is 1. The normalized spacial score (nSPS) is 20.1. The van der Waals surface area contributed by atoms with Crippen molar-refractivity contribution in [1.82, 2.24) is 14.5 Å². The van der Waals surface area contributed by atoms with E-state index in [9.17, 15) is 4.79 Å². The number of morpholine rings is 1. The van der Waals surface area contributed by atoms with Crippen LogP contribution in [0, 0.1) is 13.8 Å². The third-order valence-corrected chi connectivity index (χ3v) is 6.57. The molecule has 2 aliphatic rings. The Morgan fingerprint density at radius 2 is 1.87 bits per heavy atom. The number of benzene rings is 2. The molecule has 2 fully saturated rings. The molecule has 2 saturated heterocycles. The van der Waals surface area contributed by atoms with Gasteiger partial charge in [0.2, 0.25) is 5.91 Å². The first kappa shape index (κ1) is 20.2. The van der Waals surface area contributed by atoms with E-state index < -0.39 is 0 Å². The molecule has 0 bridgehead atoms. The number of hydrogen-bond acceptors (Lipinski definition) is 4. The van der Waals surface area contributed by atoms with E-state index in [1.165, 1.54) is 5.56 Å². The van der Waals surface area contributed by atoms with Gasteiger partial charge in [-0.1, -0.05) is 24.3 Å². The largest absolute Gasteiger partial charge is 0.379 e. The maximum atomic E-state index is 13.0. The number of amides is 1. The van der Waals surface area contributed by atoms with Crippen LogP contribution in [0.15, 0.2) is 42.5 Å². The highest BCUT2D eigenvalue weighted by atomic mass is 16.5. The van der Waals surface area contributed by atoms with E-state index in [0.717, 1.165) is 67.5 Å². The van der Waals surface area contributed by atoms with Gasteiger partial charge in [0.05, 0.1) is 24.2 Å². The van der Waals surface area contributed by atoms with Gasteiger partial charge in [-0.3, -0.25) is 9.69 Å². The number of fused-ring (bicyclic) bond motifs is 1. The Morgan fingerprint density at radius 1 is 1.06 bits per heavy atom. The first-order chi connectivity index (χ1) is 15.1. The zero-order valence-electron chi connectivity index (χ0n) is 18.4. The molecule has 1 aromatic heterocycles.